The minimum absolute atomic E-state index is 0.0480. The maximum atomic E-state index is 10.7. The molecule has 0 saturated heterocycles. The van der Waals surface area contributed by atoms with E-state index in [1.54, 1.807) is 0 Å². The maximum Gasteiger partial charge on any atom is 0.125 e. The maximum absolute atomic E-state index is 10.7. The van der Waals surface area contributed by atoms with Gasteiger partial charge in [0.05, 0.1) is 12.7 Å². The summed E-state index contributed by atoms with van der Waals surface area (Å²) in [6.45, 7) is 6.83. The van der Waals surface area contributed by atoms with Crippen LogP contribution in [0.2, 0.25) is 0 Å². The first-order valence-electron chi connectivity index (χ1n) is 11.0. The first-order chi connectivity index (χ1) is 13.1. The van der Waals surface area contributed by atoms with Crippen molar-refractivity contribution in [3.05, 3.63) is 35.9 Å². The predicted octanol–water partition coefficient (Wildman–Crippen LogP) is 6.66. The van der Waals surface area contributed by atoms with Gasteiger partial charge in [-0.2, -0.15) is 0 Å². The van der Waals surface area contributed by atoms with Gasteiger partial charge in [0.15, 0.2) is 0 Å². The fraction of sp³-hybridized carbons (Fsp3) is 0.680. The van der Waals surface area contributed by atoms with Crippen LogP contribution in [-0.2, 0) is 11.3 Å². The fourth-order valence-corrected chi connectivity index (χ4v) is 3.20. The lowest BCUT2D eigenvalue weighted by atomic mass is 9.95. The molecule has 27 heavy (non-hydrogen) atoms. The Morgan fingerprint density at radius 1 is 0.963 bits per heavy atom. The Labute approximate surface area is 167 Å². The second-order valence-corrected chi connectivity index (χ2v) is 7.86. The van der Waals surface area contributed by atoms with Crippen LogP contribution in [0.5, 0.6) is 0 Å². The normalized spacial score (nSPS) is 14.2. The summed E-state index contributed by atoms with van der Waals surface area (Å²) < 4.78 is 6.19. The summed E-state index contributed by atoms with van der Waals surface area (Å²) in [7, 11) is 0. The molecule has 0 aliphatic carbocycles. The Morgan fingerprint density at radius 2 is 1.63 bits per heavy atom. The number of rotatable bonds is 14. The zero-order valence-electron chi connectivity index (χ0n) is 17.8. The zero-order chi connectivity index (χ0) is 19.8. The van der Waals surface area contributed by atoms with Gasteiger partial charge in [-0.05, 0) is 25.3 Å². The lowest BCUT2D eigenvalue weighted by Gasteiger charge is -2.25. The van der Waals surface area contributed by atoms with Crippen LogP contribution in [0.4, 0.5) is 0 Å². The van der Waals surface area contributed by atoms with E-state index < -0.39 is 5.60 Å². The van der Waals surface area contributed by atoms with E-state index in [9.17, 15) is 5.11 Å². The van der Waals surface area contributed by atoms with Crippen LogP contribution in [-0.4, -0.2) is 16.8 Å². The molecule has 0 radical (unpaired) electrons. The third kappa shape index (κ3) is 12.7. The van der Waals surface area contributed by atoms with Crippen molar-refractivity contribution < 1.29 is 9.84 Å². The van der Waals surface area contributed by atoms with Crippen molar-refractivity contribution in [2.75, 3.05) is 0 Å². The van der Waals surface area contributed by atoms with Gasteiger partial charge in [-0.25, -0.2) is 0 Å². The molecule has 2 heteroatoms. The zero-order valence-corrected chi connectivity index (χ0v) is 17.8. The SMILES string of the molecule is CCCCC#CC(C)(O)C[C@H](CCCCCCCC)OCc1ccccc1. The highest BCUT2D eigenvalue weighted by molar-refractivity contribution is 5.14. The molecule has 0 heterocycles. The van der Waals surface area contributed by atoms with Crippen LogP contribution in [0.3, 0.4) is 0 Å². The molecule has 0 bridgehead atoms. The summed E-state index contributed by atoms with van der Waals surface area (Å²) in [4.78, 5) is 0. The van der Waals surface area contributed by atoms with Gasteiger partial charge in [-0.15, -0.1) is 5.92 Å². The van der Waals surface area contributed by atoms with E-state index >= 15 is 0 Å². The van der Waals surface area contributed by atoms with Crippen molar-refractivity contribution in [3.63, 3.8) is 0 Å². The lowest BCUT2D eigenvalue weighted by molar-refractivity contribution is -0.0171. The molecule has 0 saturated carbocycles. The third-order valence-electron chi connectivity index (χ3n) is 4.85. The highest BCUT2D eigenvalue weighted by Gasteiger charge is 2.24. The minimum atomic E-state index is -0.975. The molecule has 1 unspecified atom stereocenters. The van der Waals surface area contributed by atoms with E-state index in [-0.39, 0.29) is 6.10 Å². The van der Waals surface area contributed by atoms with Crippen molar-refractivity contribution in [1.82, 2.24) is 0 Å². The molecule has 0 amide bonds. The van der Waals surface area contributed by atoms with Crippen LogP contribution >= 0.6 is 0 Å². The quantitative estimate of drug-likeness (QED) is 0.292. The molecule has 1 aromatic rings. The molecule has 0 aliphatic rings. The standard InChI is InChI=1S/C25H40O2/c1-4-6-8-10-11-15-19-24(27-22-23-17-13-12-14-18-23)21-25(3,26)20-16-9-7-5-2/h12-14,17-18,24,26H,4-11,15,19,21-22H2,1-3H3/t24-,25?/m0/s1. The van der Waals surface area contributed by atoms with Crippen LogP contribution in [0, 0.1) is 11.8 Å². The molecule has 1 N–H and O–H groups in total. The topological polar surface area (TPSA) is 29.5 Å². The van der Waals surface area contributed by atoms with Gasteiger partial charge in [0.2, 0.25) is 0 Å². The van der Waals surface area contributed by atoms with E-state index in [1.165, 1.54) is 37.7 Å². The summed E-state index contributed by atoms with van der Waals surface area (Å²) in [5.74, 6) is 6.21. The van der Waals surface area contributed by atoms with Gasteiger partial charge in [-0.1, -0.05) is 95.0 Å². The molecular formula is C25H40O2. The van der Waals surface area contributed by atoms with E-state index in [2.05, 4.69) is 37.8 Å². The number of ether oxygens (including phenoxy) is 1. The minimum Gasteiger partial charge on any atom is -0.378 e. The second-order valence-electron chi connectivity index (χ2n) is 7.86. The summed E-state index contributed by atoms with van der Waals surface area (Å²) in [6.07, 6.45) is 12.3. The largest absolute Gasteiger partial charge is 0.378 e. The Bertz CT molecular complexity index is 524. The van der Waals surface area contributed by atoms with E-state index in [0.717, 1.165) is 32.1 Å². The van der Waals surface area contributed by atoms with Gasteiger partial charge >= 0.3 is 0 Å². The van der Waals surface area contributed by atoms with Crippen LogP contribution in [0.1, 0.15) is 97.0 Å². The summed E-state index contributed by atoms with van der Waals surface area (Å²) in [5.41, 5.74) is 0.205. The van der Waals surface area contributed by atoms with Gasteiger partial charge in [0.25, 0.3) is 0 Å². The molecule has 0 aromatic heterocycles. The van der Waals surface area contributed by atoms with E-state index in [0.29, 0.717) is 13.0 Å². The third-order valence-corrected chi connectivity index (χ3v) is 4.85. The summed E-state index contributed by atoms with van der Waals surface area (Å²) >= 11 is 0. The van der Waals surface area contributed by atoms with Crippen molar-refractivity contribution in [2.45, 2.75) is 110 Å². The molecule has 152 valence electrons. The van der Waals surface area contributed by atoms with Gasteiger partial charge in [0, 0.05) is 12.8 Å². The lowest BCUT2D eigenvalue weighted by Crippen LogP contribution is -2.30. The van der Waals surface area contributed by atoms with Crippen LogP contribution in [0.15, 0.2) is 30.3 Å². The molecule has 0 aliphatic heterocycles. The Balaban J connectivity index is 2.52. The van der Waals surface area contributed by atoms with Gasteiger partial charge in [-0.3, -0.25) is 0 Å². The average molecular weight is 373 g/mol. The number of hydrogen-bond acceptors (Lipinski definition) is 2. The summed E-state index contributed by atoms with van der Waals surface area (Å²) in [5, 5.41) is 10.7. The number of unbranched alkanes of at least 4 members (excludes halogenated alkanes) is 7. The Kier molecular flexibility index (Phi) is 12.9. The van der Waals surface area contributed by atoms with Crippen molar-refractivity contribution >= 4 is 0 Å². The number of benzene rings is 1. The van der Waals surface area contributed by atoms with E-state index in [4.69, 9.17) is 4.74 Å². The van der Waals surface area contributed by atoms with Crippen molar-refractivity contribution in [2.24, 2.45) is 0 Å². The first kappa shape index (κ1) is 23.7. The van der Waals surface area contributed by atoms with E-state index in [1.807, 2.05) is 25.1 Å². The number of aliphatic hydroxyl groups is 1. The molecule has 1 aromatic carbocycles. The molecular weight excluding hydrogens is 332 g/mol. The smallest absolute Gasteiger partial charge is 0.125 e. The molecule has 2 atom stereocenters. The summed E-state index contributed by atoms with van der Waals surface area (Å²) in [6, 6.07) is 10.3. The molecule has 1 rings (SSSR count). The fourth-order valence-electron chi connectivity index (χ4n) is 3.20. The monoisotopic (exact) mass is 372 g/mol. The van der Waals surface area contributed by atoms with Crippen LogP contribution < -0.4 is 0 Å². The van der Waals surface area contributed by atoms with Crippen molar-refractivity contribution in [3.8, 4) is 11.8 Å². The van der Waals surface area contributed by atoms with Crippen LogP contribution in [0.25, 0.3) is 0 Å². The Hall–Kier alpha value is -1.30. The molecule has 2 nitrogen and oxygen atoms in total. The van der Waals surface area contributed by atoms with Gasteiger partial charge < -0.3 is 9.84 Å². The molecule has 0 spiro atoms. The number of hydrogen-bond donors (Lipinski definition) is 1. The highest BCUT2D eigenvalue weighted by Crippen LogP contribution is 2.21. The van der Waals surface area contributed by atoms with Gasteiger partial charge in [0.1, 0.15) is 5.60 Å². The Morgan fingerprint density at radius 3 is 2.33 bits per heavy atom. The second kappa shape index (κ2) is 14.7. The highest BCUT2D eigenvalue weighted by atomic mass is 16.5. The average Bonchev–Trinajstić information content (AvgIpc) is 2.66. The molecule has 0 fully saturated rings. The van der Waals surface area contributed by atoms with Crippen molar-refractivity contribution in [1.29, 1.82) is 0 Å². The predicted molar refractivity (Wildman–Crippen MR) is 116 cm³/mol. The first-order valence-corrected chi connectivity index (χ1v) is 11.0.